The van der Waals surface area contributed by atoms with E-state index in [4.69, 9.17) is 0 Å². The van der Waals surface area contributed by atoms with Crippen LogP contribution < -0.4 is 15.1 Å². The smallest absolute Gasteiger partial charge is 0.227 e. The Morgan fingerprint density at radius 1 is 1.14 bits per heavy atom. The zero-order valence-electron chi connectivity index (χ0n) is 21.2. The number of pyridine rings is 2. The van der Waals surface area contributed by atoms with Crippen LogP contribution in [0.3, 0.4) is 0 Å². The number of hydrogen-bond acceptors (Lipinski definition) is 10. The van der Waals surface area contributed by atoms with E-state index in [9.17, 15) is 17.9 Å². The Morgan fingerprint density at radius 3 is 2.68 bits per heavy atom. The van der Waals surface area contributed by atoms with Gasteiger partial charge in [-0.15, -0.1) is 0 Å². The molecule has 2 saturated heterocycles. The molecule has 0 spiro atoms. The van der Waals surface area contributed by atoms with Crippen LogP contribution in [0.2, 0.25) is 0 Å². The maximum Gasteiger partial charge on any atom is 0.227 e. The molecule has 0 aromatic carbocycles. The Bertz CT molecular complexity index is 1420. The molecule has 0 aliphatic carbocycles. The van der Waals surface area contributed by atoms with E-state index in [1.54, 1.807) is 23.4 Å². The summed E-state index contributed by atoms with van der Waals surface area (Å²) in [6.45, 7) is 6.77. The van der Waals surface area contributed by atoms with E-state index >= 15 is 0 Å². The van der Waals surface area contributed by atoms with E-state index in [0.717, 1.165) is 16.3 Å². The number of anilines is 4. The predicted molar refractivity (Wildman–Crippen MR) is 142 cm³/mol. The molecule has 10 nitrogen and oxygen atoms in total. The number of piperidine rings is 1. The third kappa shape index (κ3) is 5.30. The SMILES string of the molecule is CC(C)c1cnc(N2CCCS(=O)(=O)C2)c2cnc(Nc3ccnc(N4CC[C@](C)(O)[C@H](F)C4)n3)cc12. The maximum atomic E-state index is 14.4. The Balaban J connectivity index is 1.44. The Hall–Kier alpha value is -3.12. The lowest BCUT2D eigenvalue weighted by atomic mass is 9.92. The molecular weight excluding hydrogens is 497 g/mol. The number of alkyl halides is 1. The summed E-state index contributed by atoms with van der Waals surface area (Å²) in [6, 6.07) is 3.63. The summed E-state index contributed by atoms with van der Waals surface area (Å²) in [5.74, 6) is 2.41. The van der Waals surface area contributed by atoms with Gasteiger partial charge in [0.2, 0.25) is 5.95 Å². The van der Waals surface area contributed by atoms with Crippen molar-refractivity contribution in [1.82, 2.24) is 19.9 Å². The van der Waals surface area contributed by atoms with Gasteiger partial charge in [0.1, 0.15) is 29.5 Å². The summed E-state index contributed by atoms with van der Waals surface area (Å²) in [5, 5.41) is 15.1. The van der Waals surface area contributed by atoms with Gasteiger partial charge in [-0.3, -0.25) is 0 Å². The van der Waals surface area contributed by atoms with Gasteiger partial charge in [0.25, 0.3) is 0 Å². The molecule has 198 valence electrons. The zero-order chi connectivity index (χ0) is 26.4. The van der Waals surface area contributed by atoms with E-state index < -0.39 is 21.6 Å². The van der Waals surface area contributed by atoms with Crippen LogP contribution in [-0.4, -0.2) is 76.5 Å². The molecule has 0 unspecified atom stereocenters. The van der Waals surface area contributed by atoms with E-state index in [-0.39, 0.29) is 30.5 Å². The van der Waals surface area contributed by atoms with Crippen molar-refractivity contribution >= 4 is 44.0 Å². The number of aromatic nitrogens is 4. The molecule has 0 bridgehead atoms. The normalized spacial score (nSPS) is 24.0. The van der Waals surface area contributed by atoms with Gasteiger partial charge in [-0.05, 0) is 48.8 Å². The van der Waals surface area contributed by atoms with Crippen molar-refractivity contribution in [1.29, 1.82) is 0 Å². The van der Waals surface area contributed by atoms with Gasteiger partial charge in [-0.25, -0.2) is 27.8 Å². The molecule has 3 aromatic heterocycles. The lowest BCUT2D eigenvalue weighted by Crippen LogP contribution is -2.52. The van der Waals surface area contributed by atoms with Crippen LogP contribution in [0.5, 0.6) is 0 Å². The number of nitrogens with zero attached hydrogens (tertiary/aromatic N) is 6. The number of rotatable bonds is 5. The van der Waals surface area contributed by atoms with Crippen LogP contribution >= 0.6 is 0 Å². The summed E-state index contributed by atoms with van der Waals surface area (Å²) in [5.41, 5.74) is -0.316. The highest BCUT2D eigenvalue weighted by Crippen LogP contribution is 2.34. The molecule has 2 atom stereocenters. The fraction of sp³-hybridized carbons (Fsp3) is 0.520. The van der Waals surface area contributed by atoms with E-state index in [1.165, 1.54) is 6.92 Å². The number of nitrogens with one attached hydrogen (secondary N) is 1. The van der Waals surface area contributed by atoms with Crippen LogP contribution in [-0.2, 0) is 9.84 Å². The molecule has 2 aliphatic heterocycles. The topological polar surface area (TPSA) is 124 Å². The molecule has 37 heavy (non-hydrogen) atoms. The molecule has 5 rings (SSSR count). The molecule has 0 radical (unpaired) electrons. The molecule has 2 aliphatic rings. The zero-order valence-corrected chi connectivity index (χ0v) is 22.0. The minimum Gasteiger partial charge on any atom is -0.387 e. The van der Waals surface area contributed by atoms with Crippen molar-refractivity contribution in [3.63, 3.8) is 0 Å². The highest BCUT2D eigenvalue weighted by atomic mass is 32.2. The number of sulfone groups is 1. The summed E-state index contributed by atoms with van der Waals surface area (Å²) in [4.78, 5) is 21.6. The first-order valence-corrected chi connectivity index (χ1v) is 14.3. The molecular formula is C25H32FN7O3S. The number of fused-ring (bicyclic) bond motifs is 1. The number of aliphatic hydroxyl groups is 1. The third-order valence-corrected chi connectivity index (χ3v) is 8.68. The molecule has 5 heterocycles. The predicted octanol–water partition coefficient (Wildman–Crippen LogP) is 3.17. The van der Waals surface area contributed by atoms with Gasteiger partial charge in [-0.1, -0.05) is 13.8 Å². The van der Waals surface area contributed by atoms with Crippen LogP contribution in [0.25, 0.3) is 10.8 Å². The second-order valence-corrected chi connectivity index (χ2v) is 12.5. The quantitative estimate of drug-likeness (QED) is 0.509. The highest BCUT2D eigenvalue weighted by Gasteiger charge is 2.38. The van der Waals surface area contributed by atoms with E-state index in [2.05, 4.69) is 39.1 Å². The van der Waals surface area contributed by atoms with Gasteiger partial charge in [0.15, 0.2) is 9.84 Å². The summed E-state index contributed by atoms with van der Waals surface area (Å²) >= 11 is 0. The first-order valence-electron chi connectivity index (χ1n) is 12.5. The molecule has 2 fully saturated rings. The van der Waals surface area contributed by atoms with Crippen molar-refractivity contribution in [2.45, 2.75) is 51.3 Å². The second kappa shape index (κ2) is 9.64. The Morgan fingerprint density at radius 2 is 1.95 bits per heavy atom. The maximum absolute atomic E-state index is 14.4. The molecule has 0 saturated carbocycles. The first kappa shape index (κ1) is 25.5. The summed E-state index contributed by atoms with van der Waals surface area (Å²) in [7, 11) is -3.15. The van der Waals surface area contributed by atoms with Gasteiger partial charge in [0.05, 0.1) is 17.9 Å². The minimum absolute atomic E-state index is 0.0183. The average molecular weight is 530 g/mol. The van der Waals surface area contributed by atoms with Crippen LogP contribution in [0.1, 0.15) is 45.1 Å². The van der Waals surface area contributed by atoms with Crippen molar-refractivity contribution in [2.75, 3.05) is 46.4 Å². The average Bonchev–Trinajstić information content (AvgIpc) is 2.84. The standard InChI is InChI=1S/C25H32FN7O3S/c1-16(2)18-12-29-23(33-8-4-10-37(35,36)15-33)19-13-28-22(11-17(18)19)30-21-5-7-27-24(31-21)32-9-6-25(3,34)20(26)14-32/h5,7,11-13,16,20,34H,4,6,8-10,14-15H2,1-3H3,(H,27,28,30,31)/t20-,25+/m1/s1. The lowest BCUT2D eigenvalue weighted by molar-refractivity contribution is -0.0332. The van der Waals surface area contributed by atoms with Gasteiger partial charge >= 0.3 is 0 Å². The van der Waals surface area contributed by atoms with Crippen LogP contribution in [0.15, 0.2) is 30.7 Å². The molecule has 2 N–H and O–H groups in total. The Labute approximate surface area is 215 Å². The van der Waals surface area contributed by atoms with Crippen LogP contribution in [0.4, 0.5) is 27.8 Å². The van der Waals surface area contributed by atoms with Gasteiger partial charge < -0.3 is 20.2 Å². The molecule has 3 aromatic rings. The number of hydrogen-bond donors (Lipinski definition) is 2. The van der Waals surface area contributed by atoms with Crippen molar-refractivity contribution < 1.29 is 17.9 Å². The fourth-order valence-electron chi connectivity index (χ4n) is 4.81. The van der Waals surface area contributed by atoms with E-state index in [0.29, 0.717) is 42.9 Å². The largest absolute Gasteiger partial charge is 0.387 e. The van der Waals surface area contributed by atoms with Crippen LogP contribution in [0, 0.1) is 0 Å². The van der Waals surface area contributed by atoms with Gasteiger partial charge in [-0.2, -0.15) is 4.98 Å². The van der Waals surface area contributed by atoms with E-state index in [1.807, 2.05) is 17.2 Å². The highest BCUT2D eigenvalue weighted by molar-refractivity contribution is 7.91. The third-order valence-electron chi connectivity index (χ3n) is 7.06. The minimum atomic E-state index is -3.15. The second-order valence-electron chi connectivity index (χ2n) is 10.4. The summed E-state index contributed by atoms with van der Waals surface area (Å²) in [6.07, 6.45) is 4.59. The van der Waals surface area contributed by atoms with Crippen molar-refractivity contribution in [3.05, 3.63) is 36.3 Å². The molecule has 12 heteroatoms. The monoisotopic (exact) mass is 529 g/mol. The van der Waals surface area contributed by atoms with Crippen molar-refractivity contribution in [2.24, 2.45) is 0 Å². The van der Waals surface area contributed by atoms with Gasteiger partial charge in [0, 0.05) is 37.1 Å². The fourth-order valence-corrected chi connectivity index (χ4v) is 6.24. The first-order chi connectivity index (χ1) is 17.5. The number of halogens is 1. The summed E-state index contributed by atoms with van der Waals surface area (Å²) < 4.78 is 38.9. The van der Waals surface area contributed by atoms with Crippen molar-refractivity contribution in [3.8, 4) is 0 Å². The molecule has 0 amide bonds. The Kier molecular flexibility index (Phi) is 6.65. The lowest BCUT2D eigenvalue weighted by Gasteiger charge is -2.38.